The van der Waals surface area contributed by atoms with Crippen LogP contribution in [0.2, 0.25) is 0 Å². The average Bonchev–Trinajstić information content (AvgIpc) is 2.73. The van der Waals surface area contributed by atoms with Gasteiger partial charge in [0.1, 0.15) is 12.2 Å². The number of carboxylic acid groups (broad SMARTS) is 1. The number of anilines is 1. The van der Waals surface area contributed by atoms with Crippen molar-refractivity contribution in [3.8, 4) is 5.88 Å². The lowest BCUT2D eigenvalue weighted by atomic mass is 10.2. The first-order valence-electron chi connectivity index (χ1n) is 6.23. The molecule has 2 aliphatic rings. The van der Waals surface area contributed by atoms with Gasteiger partial charge in [0.25, 0.3) is 5.91 Å². The molecule has 3 heterocycles. The van der Waals surface area contributed by atoms with Gasteiger partial charge in [0, 0.05) is 6.54 Å². The minimum atomic E-state index is -1.09. The second-order valence-electron chi connectivity index (χ2n) is 4.93. The van der Waals surface area contributed by atoms with Crippen LogP contribution in [0.5, 0.6) is 5.88 Å². The van der Waals surface area contributed by atoms with Crippen molar-refractivity contribution in [3.05, 3.63) is 17.8 Å². The van der Waals surface area contributed by atoms with Crippen molar-refractivity contribution in [1.82, 2.24) is 15.2 Å². The number of carbonyl (C=O) groups excluding carboxylic acids is 1. The molecule has 0 radical (unpaired) electrons. The molecule has 3 rings (SSSR count). The zero-order valence-corrected chi connectivity index (χ0v) is 10.6. The fourth-order valence-electron chi connectivity index (χ4n) is 2.67. The molecule has 1 aromatic heterocycles. The molecule has 106 valence electrons. The van der Waals surface area contributed by atoms with E-state index in [1.807, 2.05) is 0 Å². The van der Waals surface area contributed by atoms with Crippen LogP contribution >= 0.6 is 0 Å². The van der Waals surface area contributed by atoms with Crippen molar-refractivity contribution < 1.29 is 19.4 Å². The normalized spacial score (nSPS) is 24.4. The Hall–Kier alpha value is -2.51. The second-order valence-corrected chi connectivity index (χ2v) is 4.93. The van der Waals surface area contributed by atoms with Gasteiger partial charge in [-0.1, -0.05) is 0 Å². The number of rotatable bonds is 1. The first kappa shape index (κ1) is 12.5. The molecule has 1 aromatic rings. The smallest absolute Gasteiger partial charge is 0.404 e. The molecule has 0 aliphatic carbocycles. The number of carbonyl (C=O) groups is 2. The number of nitrogen functional groups attached to an aromatic ring is 1. The second kappa shape index (κ2) is 4.55. The van der Waals surface area contributed by atoms with E-state index < -0.39 is 6.09 Å². The molecule has 2 atom stereocenters. The van der Waals surface area contributed by atoms with Crippen LogP contribution in [0.15, 0.2) is 12.3 Å². The van der Waals surface area contributed by atoms with Gasteiger partial charge in [0.2, 0.25) is 5.88 Å². The highest BCUT2D eigenvalue weighted by Crippen LogP contribution is 2.29. The van der Waals surface area contributed by atoms with Crippen LogP contribution in [0.1, 0.15) is 16.8 Å². The molecule has 0 bridgehead atoms. The zero-order chi connectivity index (χ0) is 14.3. The minimum absolute atomic E-state index is 0.158. The number of hydrogen-bond acceptors (Lipinski definition) is 5. The van der Waals surface area contributed by atoms with E-state index in [0.717, 1.165) is 0 Å². The number of nitrogens with zero attached hydrogens (tertiary/aromatic N) is 2. The van der Waals surface area contributed by atoms with Crippen molar-refractivity contribution >= 4 is 17.7 Å². The standard InChI is InChI=1S/C12H14N4O4/c13-6-1-9-10(14-3-6)20-5-8-2-7(15-12(18)19)4-16(8)11(9)17/h1,3,7-8,15H,2,4-5,13H2,(H,18,19)/t7-,8-/m1/s1. The number of nitrogens with two attached hydrogens (primary N) is 1. The van der Waals surface area contributed by atoms with E-state index >= 15 is 0 Å². The number of aromatic nitrogens is 1. The number of ether oxygens (including phenoxy) is 1. The van der Waals surface area contributed by atoms with Crippen molar-refractivity contribution in [2.75, 3.05) is 18.9 Å². The Balaban J connectivity index is 1.86. The van der Waals surface area contributed by atoms with Crippen LogP contribution in [0.3, 0.4) is 0 Å². The lowest BCUT2D eigenvalue weighted by Gasteiger charge is -2.20. The van der Waals surface area contributed by atoms with E-state index in [0.29, 0.717) is 30.8 Å². The van der Waals surface area contributed by atoms with E-state index in [1.165, 1.54) is 12.3 Å². The van der Waals surface area contributed by atoms with Gasteiger partial charge in [-0.25, -0.2) is 9.78 Å². The van der Waals surface area contributed by atoms with Crippen LogP contribution in [0.4, 0.5) is 10.5 Å². The first-order valence-corrected chi connectivity index (χ1v) is 6.23. The summed E-state index contributed by atoms with van der Waals surface area (Å²) in [5.41, 5.74) is 6.36. The molecule has 8 heteroatoms. The predicted molar refractivity (Wildman–Crippen MR) is 68.5 cm³/mol. The summed E-state index contributed by atoms with van der Waals surface area (Å²) in [5.74, 6) is 0.0540. The molecule has 2 amide bonds. The number of fused-ring (bicyclic) bond motifs is 2. The predicted octanol–water partition coefficient (Wildman–Crippen LogP) is -0.0931. The lowest BCUT2D eigenvalue weighted by Crippen LogP contribution is -2.39. The summed E-state index contributed by atoms with van der Waals surface area (Å²) in [5, 5.41) is 11.2. The summed E-state index contributed by atoms with van der Waals surface area (Å²) < 4.78 is 5.54. The van der Waals surface area contributed by atoms with Gasteiger partial charge < -0.3 is 25.8 Å². The van der Waals surface area contributed by atoms with Crippen molar-refractivity contribution in [2.24, 2.45) is 0 Å². The molecule has 1 fully saturated rings. The minimum Gasteiger partial charge on any atom is -0.475 e. The van der Waals surface area contributed by atoms with Gasteiger partial charge >= 0.3 is 6.09 Å². The summed E-state index contributed by atoms with van der Waals surface area (Å²) >= 11 is 0. The molecule has 0 unspecified atom stereocenters. The summed E-state index contributed by atoms with van der Waals surface area (Å²) in [7, 11) is 0. The van der Waals surface area contributed by atoms with Crippen molar-refractivity contribution in [1.29, 1.82) is 0 Å². The highest BCUT2D eigenvalue weighted by molar-refractivity contribution is 5.98. The fraction of sp³-hybridized carbons (Fsp3) is 0.417. The number of hydrogen-bond donors (Lipinski definition) is 3. The molecule has 0 saturated carbocycles. The number of pyridine rings is 1. The van der Waals surface area contributed by atoms with Crippen molar-refractivity contribution in [2.45, 2.75) is 18.5 Å². The molecule has 1 saturated heterocycles. The third kappa shape index (κ3) is 2.09. The van der Waals surface area contributed by atoms with E-state index in [1.54, 1.807) is 4.90 Å². The number of amides is 2. The Morgan fingerprint density at radius 3 is 3.15 bits per heavy atom. The van der Waals surface area contributed by atoms with Gasteiger partial charge in [0.15, 0.2) is 0 Å². The van der Waals surface area contributed by atoms with Gasteiger partial charge in [-0.05, 0) is 12.5 Å². The summed E-state index contributed by atoms with van der Waals surface area (Å²) in [6, 6.07) is 1.10. The Morgan fingerprint density at radius 2 is 2.40 bits per heavy atom. The van der Waals surface area contributed by atoms with Gasteiger partial charge in [-0.2, -0.15) is 0 Å². The van der Waals surface area contributed by atoms with Crippen LogP contribution in [-0.4, -0.2) is 52.2 Å². The van der Waals surface area contributed by atoms with Crippen LogP contribution in [0.25, 0.3) is 0 Å². The van der Waals surface area contributed by atoms with Crippen LogP contribution in [0, 0.1) is 0 Å². The van der Waals surface area contributed by atoms with E-state index in [4.69, 9.17) is 15.6 Å². The molecular formula is C12H14N4O4. The highest BCUT2D eigenvalue weighted by Gasteiger charge is 2.40. The summed E-state index contributed by atoms with van der Waals surface area (Å²) in [4.78, 5) is 28.8. The molecule has 8 nitrogen and oxygen atoms in total. The quantitative estimate of drug-likeness (QED) is 0.660. The van der Waals surface area contributed by atoms with Gasteiger partial charge in [-0.3, -0.25) is 4.79 Å². The Bertz CT molecular complexity index is 577. The van der Waals surface area contributed by atoms with Gasteiger partial charge in [-0.15, -0.1) is 0 Å². The fourth-order valence-corrected chi connectivity index (χ4v) is 2.67. The molecular weight excluding hydrogens is 264 g/mol. The lowest BCUT2D eigenvalue weighted by molar-refractivity contribution is 0.0724. The maximum Gasteiger partial charge on any atom is 0.404 e. The Labute approximate surface area is 114 Å². The summed E-state index contributed by atoms with van der Waals surface area (Å²) in [6.45, 7) is 0.626. The van der Waals surface area contributed by atoms with Crippen molar-refractivity contribution in [3.63, 3.8) is 0 Å². The highest BCUT2D eigenvalue weighted by atomic mass is 16.5. The van der Waals surface area contributed by atoms with Gasteiger partial charge in [0.05, 0.1) is 24.0 Å². The number of nitrogens with one attached hydrogen (secondary N) is 1. The first-order chi connectivity index (χ1) is 9.54. The molecule has 0 aromatic carbocycles. The van der Waals surface area contributed by atoms with Crippen LogP contribution in [-0.2, 0) is 0 Å². The topological polar surface area (TPSA) is 118 Å². The molecule has 20 heavy (non-hydrogen) atoms. The van der Waals surface area contributed by atoms with E-state index in [9.17, 15) is 9.59 Å². The maximum atomic E-state index is 12.5. The molecule has 4 N–H and O–H groups in total. The third-order valence-corrected chi connectivity index (χ3v) is 3.52. The Morgan fingerprint density at radius 1 is 1.60 bits per heavy atom. The summed E-state index contributed by atoms with van der Waals surface area (Å²) in [6.07, 6.45) is 0.881. The average molecular weight is 278 g/mol. The maximum absolute atomic E-state index is 12.5. The Kier molecular flexibility index (Phi) is 2.85. The molecule has 2 aliphatic heterocycles. The largest absolute Gasteiger partial charge is 0.475 e. The van der Waals surface area contributed by atoms with Crippen LogP contribution < -0.4 is 15.8 Å². The molecule has 0 spiro atoms. The monoisotopic (exact) mass is 278 g/mol. The third-order valence-electron chi connectivity index (χ3n) is 3.52. The zero-order valence-electron chi connectivity index (χ0n) is 10.6. The SMILES string of the molecule is Nc1cnc2c(c1)C(=O)N1C[C@H](NC(=O)O)C[C@@H]1CO2. The van der Waals surface area contributed by atoms with E-state index in [2.05, 4.69) is 10.3 Å². The van der Waals surface area contributed by atoms with E-state index in [-0.39, 0.29) is 23.9 Å².